The van der Waals surface area contributed by atoms with E-state index < -0.39 is 4.92 Å². The summed E-state index contributed by atoms with van der Waals surface area (Å²) in [4.78, 5) is 14.4. The number of pyridine rings is 1. The van der Waals surface area contributed by atoms with Crippen molar-refractivity contribution >= 4 is 11.5 Å². The number of anilines is 1. The van der Waals surface area contributed by atoms with E-state index in [9.17, 15) is 10.1 Å². The van der Waals surface area contributed by atoms with Gasteiger partial charge < -0.3 is 10.1 Å². The molecule has 0 radical (unpaired) electrons. The maximum absolute atomic E-state index is 10.9. The first-order chi connectivity index (χ1) is 10.9. The Morgan fingerprint density at radius 2 is 1.91 bits per heavy atom. The van der Waals surface area contributed by atoms with E-state index >= 15 is 0 Å². The Labute approximate surface area is 135 Å². The molecule has 2 aromatic rings. The molecular weight excluding hydrogens is 294 g/mol. The van der Waals surface area contributed by atoms with E-state index in [4.69, 9.17) is 4.74 Å². The molecule has 1 aromatic heterocycles. The molecule has 0 fully saturated rings. The van der Waals surface area contributed by atoms with Crippen LogP contribution in [0.1, 0.15) is 26.3 Å². The van der Waals surface area contributed by atoms with Crippen LogP contribution < -0.4 is 10.1 Å². The standard InChI is InChI=1S/C17H21N3O3/c1-17(2,3)13-6-8-14(9-7-13)23-12-11-19-16-15(20(21)22)5-4-10-18-16/h4-10H,11-12H2,1-3H3,(H,18,19). The van der Waals surface area contributed by atoms with E-state index in [2.05, 4.69) is 31.1 Å². The fourth-order valence-corrected chi connectivity index (χ4v) is 2.07. The van der Waals surface area contributed by atoms with Gasteiger partial charge in [-0.25, -0.2) is 4.98 Å². The molecule has 0 aliphatic heterocycles. The molecule has 0 amide bonds. The number of nitro groups is 1. The Balaban J connectivity index is 1.85. The number of benzene rings is 1. The smallest absolute Gasteiger partial charge is 0.311 e. The van der Waals surface area contributed by atoms with Gasteiger partial charge in [-0.2, -0.15) is 0 Å². The number of ether oxygens (including phenoxy) is 1. The lowest BCUT2D eigenvalue weighted by Gasteiger charge is -2.19. The number of aromatic nitrogens is 1. The van der Waals surface area contributed by atoms with Crippen molar-refractivity contribution in [2.45, 2.75) is 26.2 Å². The Kier molecular flexibility index (Phi) is 5.16. The maximum atomic E-state index is 10.9. The number of hydrogen-bond acceptors (Lipinski definition) is 5. The van der Waals surface area contributed by atoms with E-state index in [0.29, 0.717) is 13.2 Å². The molecule has 122 valence electrons. The zero-order valence-corrected chi connectivity index (χ0v) is 13.6. The molecule has 1 heterocycles. The second-order valence-corrected chi connectivity index (χ2v) is 6.18. The van der Waals surface area contributed by atoms with Gasteiger partial charge in [-0.3, -0.25) is 10.1 Å². The molecule has 0 aliphatic rings. The number of rotatable bonds is 6. The third kappa shape index (κ3) is 4.67. The summed E-state index contributed by atoms with van der Waals surface area (Å²) in [6.07, 6.45) is 1.52. The van der Waals surface area contributed by atoms with Gasteiger partial charge in [0, 0.05) is 12.3 Å². The zero-order chi connectivity index (χ0) is 16.9. The molecule has 6 heteroatoms. The second kappa shape index (κ2) is 7.09. The van der Waals surface area contributed by atoms with Crippen LogP contribution in [-0.2, 0) is 5.41 Å². The summed E-state index contributed by atoms with van der Waals surface area (Å²) in [5, 5.41) is 13.8. The molecule has 0 bridgehead atoms. The predicted molar refractivity (Wildman–Crippen MR) is 90.0 cm³/mol. The molecule has 0 saturated heterocycles. The highest BCUT2D eigenvalue weighted by Gasteiger charge is 2.14. The van der Waals surface area contributed by atoms with Crippen LogP contribution >= 0.6 is 0 Å². The second-order valence-electron chi connectivity index (χ2n) is 6.18. The van der Waals surface area contributed by atoms with Crippen LogP contribution in [0.15, 0.2) is 42.6 Å². The third-order valence-corrected chi connectivity index (χ3v) is 3.37. The Bertz CT molecular complexity index is 664. The number of nitrogens with zero attached hydrogens (tertiary/aromatic N) is 2. The summed E-state index contributed by atoms with van der Waals surface area (Å²) in [5.74, 6) is 1.03. The van der Waals surface area contributed by atoms with Crippen molar-refractivity contribution in [3.05, 3.63) is 58.3 Å². The molecule has 0 atom stereocenters. The van der Waals surface area contributed by atoms with E-state index in [-0.39, 0.29) is 16.9 Å². The minimum atomic E-state index is -0.457. The predicted octanol–water partition coefficient (Wildman–Crippen LogP) is 3.78. The number of hydrogen-bond donors (Lipinski definition) is 1. The Hall–Kier alpha value is -2.63. The van der Waals surface area contributed by atoms with Gasteiger partial charge in [0.25, 0.3) is 0 Å². The van der Waals surface area contributed by atoms with Crippen molar-refractivity contribution in [1.82, 2.24) is 4.98 Å². The largest absolute Gasteiger partial charge is 0.492 e. The summed E-state index contributed by atoms with van der Waals surface area (Å²) >= 11 is 0. The first-order valence-corrected chi connectivity index (χ1v) is 7.44. The van der Waals surface area contributed by atoms with Gasteiger partial charge in [0.2, 0.25) is 5.82 Å². The van der Waals surface area contributed by atoms with E-state index in [1.54, 1.807) is 0 Å². The van der Waals surface area contributed by atoms with Gasteiger partial charge in [-0.1, -0.05) is 32.9 Å². The lowest BCUT2D eigenvalue weighted by molar-refractivity contribution is -0.384. The lowest BCUT2D eigenvalue weighted by Crippen LogP contribution is -2.14. The molecule has 0 unspecified atom stereocenters. The first-order valence-electron chi connectivity index (χ1n) is 7.44. The van der Waals surface area contributed by atoms with Gasteiger partial charge in [0.15, 0.2) is 0 Å². The highest BCUT2D eigenvalue weighted by Crippen LogP contribution is 2.24. The van der Waals surface area contributed by atoms with Crippen molar-refractivity contribution in [3.63, 3.8) is 0 Å². The van der Waals surface area contributed by atoms with Crippen molar-refractivity contribution in [2.75, 3.05) is 18.5 Å². The number of nitrogens with one attached hydrogen (secondary N) is 1. The van der Waals surface area contributed by atoms with Crippen molar-refractivity contribution in [1.29, 1.82) is 0 Å². The van der Waals surface area contributed by atoms with E-state index in [0.717, 1.165) is 5.75 Å². The monoisotopic (exact) mass is 315 g/mol. The Morgan fingerprint density at radius 1 is 1.22 bits per heavy atom. The fourth-order valence-electron chi connectivity index (χ4n) is 2.07. The summed E-state index contributed by atoms with van der Waals surface area (Å²) in [6, 6.07) is 10.9. The lowest BCUT2D eigenvalue weighted by atomic mass is 9.87. The zero-order valence-electron chi connectivity index (χ0n) is 13.6. The van der Waals surface area contributed by atoms with Crippen LogP contribution in [0.4, 0.5) is 11.5 Å². The summed E-state index contributed by atoms with van der Waals surface area (Å²) in [5.41, 5.74) is 1.31. The summed E-state index contributed by atoms with van der Waals surface area (Å²) < 4.78 is 5.64. The van der Waals surface area contributed by atoms with Crippen molar-refractivity contribution in [2.24, 2.45) is 0 Å². The van der Waals surface area contributed by atoms with Gasteiger partial charge in [-0.15, -0.1) is 0 Å². The maximum Gasteiger partial charge on any atom is 0.311 e. The van der Waals surface area contributed by atoms with Gasteiger partial charge in [-0.05, 0) is 29.2 Å². The van der Waals surface area contributed by atoms with Gasteiger partial charge in [0.05, 0.1) is 11.5 Å². The van der Waals surface area contributed by atoms with Crippen molar-refractivity contribution in [3.8, 4) is 5.75 Å². The average Bonchev–Trinajstić information content (AvgIpc) is 2.51. The van der Waals surface area contributed by atoms with E-state index in [1.807, 2.05) is 24.3 Å². The molecule has 0 saturated carbocycles. The molecular formula is C17H21N3O3. The first kappa shape index (κ1) is 16.7. The molecule has 0 aliphatic carbocycles. The SMILES string of the molecule is CC(C)(C)c1ccc(OCCNc2ncccc2[N+](=O)[O-])cc1. The molecule has 1 aromatic carbocycles. The molecule has 0 spiro atoms. The molecule has 6 nitrogen and oxygen atoms in total. The van der Waals surface area contributed by atoms with Crippen LogP contribution in [-0.4, -0.2) is 23.1 Å². The normalized spacial score (nSPS) is 11.1. The molecule has 2 rings (SSSR count). The quantitative estimate of drug-likeness (QED) is 0.498. The van der Waals surface area contributed by atoms with Crippen LogP contribution in [0.3, 0.4) is 0 Å². The van der Waals surface area contributed by atoms with Gasteiger partial charge >= 0.3 is 5.69 Å². The van der Waals surface area contributed by atoms with Gasteiger partial charge in [0.1, 0.15) is 12.4 Å². The fraction of sp³-hybridized carbons (Fsp3) is 0.353. The highest BCUT2D eigenvalue weighted by molar-refractivity contribution is 5.54. The molecule has 23 heavy (non-hydrogen) atoms. The topological polar surface area (TPSA) is 77.3 Å². The van der Waals surface area contributed by atoms with E-state index in [1.165, 1.54) is 23.9 Å². The average molecular weight is 315 g/mol. The van der Waals surface area contributed by atoms with Crippen molar-refractivity contribution < 1.29 is 9.66 Å². The van der Waals surface area contributed by atoms with Crippen LogP contribution in [0.2, 0.25) is 0 Å². The van der Waals surface area contributed by atoms with Crippen LogP contribution in [0.25, 0.3) is 0 Å². The summed E-state index contributed by atoms with van der Waals surface area (Å²) in [7, 11) is 0. The van der Waals surface area contributed by atoms with Crippen LogP contribution in [0, 0.1) is 10.1 Å². The minimum Gasteiger partial charge on any atom is -0.492 e. The van der Waals surface area contributed by atoms with Crippen LogP contribution in [0.5, 0.6) is 5.75 Å². The molecule has 1 N–H and O–H groups in total. The summed E-state index contributed by atoms with van der Waals surface area (Å²) in [6.45, 7) is 7.30. The minimum absolute atomic E-state index is 0.0398. The Morgan fingerprint density at radius 3 is 2.52 bits per heavy atom. The highest BCUT2D eigenvalue weighted by atomic mass is 16.6. The third-order valence-electron chi connectivity index (χ3n) is 3.37.